The molecule has 0 atom stereocenters. The zero-order valence-electron chi connectivity index (χ0n) is 17.7. The maximum atomic E-state index is 12.5. The van der Waals surface area contributed by atoms with Crippen LogP contribution in [0.2, 0.25) is 0 Å². The lowest BCUT2D eigenvalue weighted by Gasteiger charge is -2.07. The van der Waals surface area contributed by atoms with Gasteiger partial charge in [0.05, 0.1) is 16.8 Å². The summed E-state index contributed by atoms with van der Waals surface area (Å²) in [4.78, 5) is 25.0. The van der Waals surface area contributed by atoms with Crippen LogP contribution >= 0.6 is 11.8 Å². The largest absolute Gasteiger partial charge is 0.329 e. The molecule has 2 aromatic carbocycles. The number of aryl methyl sites for hydroxylation is 2. The number of fused-ring (bicyclic) bond motifs is 1. The Morgan fingerprint density at radius 2 is 1.71 bits per heavy atom. The molecular weight excluding hydrogens is 412 g/mol. The third-order valence-electron chi connectivity index (χ3n) is 5.13. The second-order valence-corrected chi connectivity index (χ2v) is 7.99. The molecule has 0 bridgehead atoms. The average molecular weight is 437 g/mol. The second-order valence-electron chi connectivity index (χ2n) is 7.04. The monoisotopic (exact) mass is 436 g/mol. The van der Waals surface area contributed by atoms with Gasteiger partial charge in [-0.05, 0) is 32.0 Å². The van der Waals surface area contributed by atoms with E-state index >= 15 is 0 Å². The lowest BCUT2D eigenvalue weighted by molar-refractivity contribution is -0.113. The average Bonchev–Trinajstić information content (AvgIpc) is 3.28. The summed E-state index contributed by atoms with van der Waals surface area (Å²) in [6.07, 6.45) is 0. The lowest BCUT2D eigenvalue weighted by Crippen LogP contribution is -2.23. The molecule has 8 nitrogen and oxygen atoms in total. The minimum atomic E-state index is -0.145. The fourth-order valence-electron chi connectivity index (χ4n) is 3.61. The molecule has 31 heavy (non-hydrogen) atoms. The highest BCUT2D eigenvalue weighted by atomic mass is 32.2. The molecule has 0 fully saturated rings. The van der Waals surface area contributed by atoms with Crippen LogP contribution in [0.5, 0.6) is 0 Å². The summed E-state index contributed by atoms with van der Waals surface area (Å²) in [5, 5.41) is 12.0. The summed E-state index contributed by atoms with van der Waals surface area (Å²) in [6, 6.07) is 15.4. The fraction of sp³-hybridized carbons (Fsp3) is 0.273. The van der Waals surface area contributed by atoms with Crippen molar-refractivity contribution in [1.82, 2.24) is 23.9 Å². The van der Waals surface area contributed by atoms with Gasteiger partial charge in [0.1, 0.15) is 0 Å². The molecule has 0 saturated heterocycles. The summed E-state index contributed by atoms with van der Waals surface area (Å²) in [6.45, 7) is 5.07. The molecule has 0 aliphatic carbocycles. The standard InChI is InChI=1S/C22H24N6O2S/c1-4-27-17-12-11-16(13-18(17)28(5-2)22(27)30)23-19(29)14-31-21-25-24-20(26(21)3)15-9-7-6-8-10-15/h6-13H,4-5,14H2,1-3H3,(H,23,29). The summed E-state index contributed by atoms with van der Waals surface area (Å²) in [7, 11) is 1.89. The quantitative estimate of drug-likeness (QED) is 0.449. The number of benzene rings is 2. The second kappa shape index (κ2) is 8.81. The number of hydrogen-bond acceptors (Lipinski definition) is 5. The number of amides is 1. The van der Waals surface area contributed by atoms with Gasteiger partial charge in [-0.25, -0.2) is 4.79 Å². The Morgan fingerprint density at radius 3 is 2.42 bits per heavy atom. The zero-order chi connectivity index (χ0) is 22.0. The van der Waals surface area contributed by atoms with Crippen molar-refractivity contribution in [3.05, 3.63) is 59.0 Å². The topological polar surface area (TPSA) is 86.7 Å². The highest BCUT2D eigenvalue weighted by Crippen LogP contribution is 2.23. The van der Waals surface area contributed by atoms with E-state index < -0.39 is 0 Å². The van der Waals surface area contributed by atoms with E-state index in [1.165, 1.54) is 11.8 Å². The van der Waals surface area contributed by atoms with Crippen LogP contribution in [-0.4, -0.2) is 35.6 Å². The van der Waals surface area contributed by atoms with E-state index in [2.05, 4.69) is 15.5 Å². The highest BCUT2D eigenvalue weighted by molar-refractivity contribution is 7.99. The Bertz CT molecular complexity index is 1290. The molecule has 0 spiro atoms. The molecule has 0 aliphatic rings. The van der Waals surface area contributed by atoms with E-state index in [1.54, 1.807) is 9.13 Å². The molecule has 4 aromatic rings. The number of hydrogen-bond donors (Lipinski definition) is 1. The van der Waals surface area contributed by atoms with Gasteiger partial charge in [0.2, 0.25) is 5.91 Å². The predicted octanol–water partition coefficient (Wildman–Crippen LogP) is 3.37. The van der Waals surface area contributed by atoms with E-state index in [0.29, 0.717) is 23.9 Å². The third kappa shape index (κ3) is 4.00. The normalized spacial score (nSPS) is 11.2. The molecule has 0 unspecified atom stereocenters. The first-order valence-electron chi connectivity index (χ1n) is 10.1. The highest BCUT2D eigenvalue weighted by Gasteiger charge is 2.15. The predicted molar refractivity (Wildman–Crippen MR) is 123 cm³/mol. The van der Waals surface area contributed by atoms with Gasteiger partial charge in [0.15, 0.2) is 11.0 Å². The minimum Gasteiger partial charge on any atom is -0.325 e. The molecule has 160 valence electrons. The van der Waals surface area contributed by atoms with Crippen molar-refractivity contribution >= 4 is 34.4 Å². The number of nitrogens with one attached hydrogen (secondary N) is 1. The number of aromatic nitrogens is 5. The number of thioether (sulfide) groups is 1. The Morgan fingerprint density at radius 1 is 1.00 bits per heavy atom. The Hall–Kier alpha value is -3.33. The van der Waals surface area contributed by atoms with Crippen molar-refractivity contribution in [2.75, 3.05) is 11.1 Å². The van der Waals surface area contributed by atoms with Crippen molar-refractivity contribution in [2.24, 2.45) is 7.05 Å². The number of carbonyl (C=O) groups excluding carboxylic acids is 1. The zero-order valence-corrected chi connectivity index (χ0v) is 18.5. The Kier molecular flexibility index (Phi) is 5.94. The molecule has 0 aliphatic heterocycles. The van der Waals surface area contributed by atoms with Gasteiger partial charge in [0.25, 0.3) is 0 Å². The van der Waals surface area contributed by atoms with Crippen molar-refractivity contribution < 1.29 is 4.79 Å². The van der Waals surface area contributed by atoms with Gasteiger partial charge >= 0.3 is 5.69 Å². The smallest absolute Gasteiger partial charge is 0.325 e. The van der Waals surface area contributed by atoms with E-state index in [4.69, 9.17) is 0 Å². The van der Waals surface area contributed by atoms with Crippen LogP contribution in [0.4, 0.5) is 5.69 Å². The van der Waals surface area contributed by atoms with Crippen LogP contribution in [0.15, 0.2) is 58.5 Å². The van der Waals surface area contributed by atoms with Crippen LogP contribution in [-0.2, 0) is 24.9 Å². The number of anilines is 1. The molecule has 0 saturated carbocycles. The number of imidazole rings is 1. The van der Waals surface area contributed by atoms with Crippen molar-refractivity contribution in [3.63, 3.8) is 0 Å². The van der Waals surface area contributed by atoms with E-state index in [0.717, 1.165) is 22.4 Å². The number of rotatable bonds is 7. The minimum absolute atomic E-state index is 0.0319. The fourth-order valence-corrected chi connectivity index (χ4v) is 4.33. The third-order valence-corrected chi connectivity index (χ3v) is 6.15. The summed E-state index contributed by atoms with van der Waals surface area (Å²) in [5.41, 5.74) is 3.30. The Labute approximate surface area is 183 Å². The van der Waals surface area contributed by atoms with Crippen molar-refractivity contribution in [1.29, 1.82) is 0 Å². The number of carbonyl (C=O) groups is 1. The Balaban J connectivity index is 1.47. The molecule has 0 radical (unpaired) electrons. The molecule has 2 heterocycles. The van der Waals surface area contributed by atoms with Gasteiger partial charge in [-0.1, -0.05) is 42.1 Å². The molecule has 2 aromatic heterocycles. The van der Waals surface area contributed by atoms with Crippen molar-refractivity contribution in [3.8, 4) is 11.4 Å². The lowest BCUT2D eigenvalue weighted by atomic mass is 10.2. The van der Waals surface area contributed by atoms with Crippen LogP contribution in [0.3, 0.4) is 0 Å². The van der Waals surface area contributed by atoms with E-state index in [1.807, 2.05) is 74.0 Å². The van der Waals surface area contributed by atoms with E-state index in [9.17, 15) is 9.59 Å². The van der Waals surface area contributed by atoms with Crippen LogP contribution < -0.4 is 11.0 Å². The van der Waals surface area contributed by atoms with Gasteiger partial charge in [-0.2, -0.15) is 0 Å². The van der Waals surface area contributed by atoms with Gasteiger partial charge in [-0.3, -0.25) is 13.9 Å². The van der Waals surface area contributed by atoms with Crippen LogP contribution in [0, 0.1) is 0 Å². The van der Waals surface area contributed by atoms with Crippen LogP contribution in [0.25, 0.3) is 22.4 Å². The summed E-state index contributed by atoms with van der Waals surface area (Å²) < 4.78 is 5.33. The maximum absolute atomic E-state index is 12.5. The van der Waals surface area contributed by atoms with Crippen LogP contribution in [0.1, 0.15) is 13.8 Å². The molecule has 1 amide bonds. The first kappa shape index (κ1) is 20.9. The maximum Gasteiger partial charge on any atom is 0.329 e. The van der Waals surface area contributed by atoms with Crippen molar-refractivity contribution in [2.45, 2.75) is 32.1 Å². The number of nitrogens with zero attached hydrogens (tertiary/aromatic N) is 5. The first-order chi connectivity index (χ1) is 15.0. The summed E-state index contributed by atoms with van der Waals surface area (Å²) >= 11 is 1.33. The molecular formula is C22H24N6O2S. The molecule has 4 rings (SSSR count). The summed E-state index contributed by atoms with van der Waals surface area (Å²) in [5.74, 6) is 0.816. The van der Waals surface area contributed by atoms with E-state index in [-0.39, 0.29) is 17.3 Å². The first-order valence-corrected chi connectivity index (χ1v) is 11.1. The molecule has 9 heteroatoms. The van der Waals surface area contributed by atoms with Gasteiger partial charge in [0, 0.05) is 31.4 Å². The molecule has 1 N–H and O–H groups in total. The SMILES string of the molecule is CCn1c(=O)n(CC)c2cc(NC(=O)CSc3nnc(-c4ccccc4)n3C)ccc21. The van der Waals surface area contributed by atoms with Gasteiger partial charge in [-0.15, -0.1) is 10.2 Å². The van der Waals surface area contributed by atoms with Gasteiger partial charge < -0.3 is 9.88 Å².